The Labute approximate surface area is 122 Å². The van der Waals surface area contributed by atoms with Gasteiger partial charge >= 0.3 is 0 Å². The molecule has 0 saturated carbocycles. The molecule has 0 atom stereocenters. The molecule has 1 aromatic carbocycles. The van der Waals surface area contributed by atoms with E-state index >= 15 is 0 Å². The van der Waals surface area contributed by atoms with Crippen molar-refractivity contribution in [3.63, 3.8) is 0 Å². The Hall–Kier alpha value is -2.36. The molecule has 2 aromatic heterocycles. The summed E-state index contributed by atoms with van der Waals surface area (Å²) in [5.74, 6) is 0. The number of rotatable bonds is 3. The number of nitrogens with zero attached hydrogens (tertiary/aromatic N) is 2. The van der Waals surface area contributed by atoms with E-state index < -0.39 is 0 Å². The van der Waals surface area contributed by atoms with Crippen LogP contribution in [0, 0.1) is 0 Å². The zero-order valence-corrected chi connectivity index (χ0v) is 11.7. The maximum absolute atomic E-state index is 12.6. The fourth-order valence-electron chi connectivity index (χ4n) is 3.28. The van der Waals surface area contributed by atoms with Crippen molar-refractivity contribution in [2.24, 2.45) is 0 Å². The summed E-state index contributed by atoms with van der Waals surface area (Å²) in [6, 6.07) is 8.20. The third kappa shape index (κ3) is 1.68. The highest BCUT2D eigenvalue weighted by Crippen LogP contribution is 2.36. The van der Waals surface area contributed by atoms with Gasteiger partial charge in [-0.3, -0.25) is 9.37 Å². The normalized spacial score (nSPS) is 13.9. The predicted molar refractivity (Wildman–Crippen MR) is 83.7 cm³/mol. The molecule has 21 heavy (non-hydrogen) atoms. The molecule has 0 unspecified atom stereocenters. The molecule has 0 aliphatic carbocycles. The van der Waals surface area contributed by atoms with Gasteiger partial charge in [0.15, 0.2) is 0 Å². The van der Waals surface area contributed by atoms with E-state index in [-0.39, 0.29) is 6.67 Å². The van der Waals surface area contributed by atoms with Crippen LogP contribution in [0.1, 0.15) is 17.5 Å². The number of alkyl halides is 1. The highest BCUT2D eigenvalue weighted by molar-refractivity contribution is 6.09. The molecular weight excluding hydrogens is 265 g/mol. The van der Waals surface area contributed by atoms with Crippen molar-refractivity contribution in [3.05, 3.63) is 48.2 Å². The minimum atomic E-state index is -0.301. The highest BCUT2D eigenvalue weighted by Gasteiger charge is 2.21. The van der Waals surface area contributed by atoms with Crippen molar-refractivity contribution < 1.29 is 4.39 Å². The van der Waals surface area contributed by atoms with Crippen LogP contribution in [0.2, 0.25) is 0 Å². The molecule has 3 heterocycles. The van der Waals surface area contributed by atoms with E-state index in [4.69, 9.17) is 0 Å². The van der Waals surface area contributed by atoms with Crippen molar-refractivity contribution >= 4 is 27.6 Å². The molecular formula is C17H16FN3. The monoisotopic (exact) mass is 281 g/mol. The number of hydrogen-bond acceptors (Lipinski definition) is 2. The molecule has 0 bridgehead atoms. The molecule has 1 N–H and O–H groups in total. The lowest BCUT2D eigenvalue weighted by molar-refractivity contribution is 0.452. The van der Waals surface area contributed by atoms with Crippen molar-refractivity contribution in [2.45, 2.75) is 19.5 Å². The first-order valence-electron chi connectivity index (χ1n) is 7.19. The third-order valence-electron chi connectivity index (χ3n) is 4.21. The first-order valence-corrected chi connectivity index (χ1v) is 7.19. The largest absolute Gasteiger partial charge is 0.381 e. The zero-order valence-electron chi connectivity index (χ0n) is 11.7. The van der Waals surface area contributed by atoms with E-state index in [0.717, 1.165) is 34.4 Å². The minimum absolute atomic E-state index is 0.301. The van der Waals surface area contributed by atoms with Gasteiger partial charge < -0.3 is 9.88 Å². The number of hydrogen-bond donors (Lipinski definition) is 1. The Balaban J connectivity index is 2.10. The number of nitrogens with one attached hydrogen (secondary N) is 1. The summed E-state index contributed by atoms with van der Waals surface area (Å²) >= 11 is 0. The Morgan fingerprint density at radius 2 is 2.19 bits per heavy atom. The lowest BCUT2D eigenvalue weighted by Gasteiger charge is -2.06. The van der Waals surface area contributed by atoms with Gasteiger partial charge in [0.2, 0.25) is 0 Å². The third-order valence-corrected chi connectivity index (χ3v) is 4.21. The minimum Gasteiger partial charge on any atom is -0.381 e. The van der Waals surface area contributed by atoms with Crippen molar-refractivity contribution in [2.75, 3.05) is 6.67 Å². The van der Waals surface area contributed by atoms with Gasteiger partial charge in [-0.15, -0.1) is 0 Å². The van der Waals surface area contributed by atoms with Gasteiger partial charge in [0.05, 0.1) is 23.2 Å². The zero-order chi connectivity index (χ0) is 14.4. The first-order chi connectivity index (χ1) is 10.3. The van der Waals surface area contributed by atoms with E-state index in [1.165, 1.54) is 10.9 Å². The van der Waals surface area contributed by atoms with Crippen LogP contribution in [-0.2, 0) is 13.1 Å². The molecule has 106 valence electrons. The summed E-state index contributed by atoms with van der Waals surface area (Å²) < 4.78 is 14.8. The highest BCUT2D eigenvalue weighted by atomic mass is 19.1. The topological polar surface area (TPSA) is 29.9 Å². The van der Waals surface area contributed by atoms with E-state index in [1.54, 1.807) is 0 Å². The van der Waals surface area contributed by atoms with E-state index in [1.807, 2.05) is 12.3 Å². The second-order valence-electron chi connectivity index (χ2n) is 5.38. The molecule has 4 rings (SSSR count). The van der Waals surface area contributed by atoms with E-state index in [0.29, 0.717) is 13.0 Å². The lowest BCUT2D eigenvalue weighted by atomic mass is 10.0. The number of fused-ring (bicyclic) bond motifs is 5. The molecule has 3 aromatic rings. The number of benzene rings is 1. The first kappa shape index (κ1) is 12.4. The van der Waals surface area contributed by atoms with Gasteiger partial charge in [-0.25, -0.2) is 0 Å². The SMILES string of the molecule is C=C1NCc2c1ccc1c2c2ncccc2n1CCCF. The molecule has 0 saturated heterocycles. The van der Waals surface area contributed by atoms with E-state index in [9.17, 15) is 4.39 Å². The summed E-state index contributed by atoms with van der Waals surface area (Å²) in [4.78, 5) is 4.57. The fourth-order valence-corrected chi connectivity index (χ4v) is 3.28. The Bertz CT molecular complexity index is 863. The van der Waals surface area contributed by atoms with Gasteiger partial charge in [-0.1, -0.05) is 12.6 Å². The van der Waals surface area contributed by atoms with E-state index in [2.05, 4.69) is 39.6 Å². The lowest BCUT2D eigenvalue weighted by Crippen LogP contribution is -1.99. The summed E-state index contributed by atoms with van der Waals surface area (Å²) in [7, 11) is 0. The summed E-state index contributed by atoms with van der Waals surface area (Å²) in [6.45, 7) is 5.21. The molecule has 1 aliphatic rings. The average Bonchev–Trinajstić information content (AvgIpc) is 3.04. The van der Waals surface area contributed by atoms with Crippen molar-refractivity contribution in [1.29, 1.82) is 0 Å². The van der Waals surface area contributed by atoms with Gasteiger partial charge in [0.25, 0.3) is 0 Å². The molecule has 0 fully saturated rings. The molecule has 4 heteroatoms. The number of aromatic nitrogens is 2. The smallest absolute Gasteiger partial charge is 0.0963 e. The van der Waals surface area contributed by atoms with Crippen LogP contribution in [0.5, 0.6) is 0 Å². The molecule has 0 radical (unpaired) electrons. The number of pyridine rings is 1. The van der Waals surface area contributed by atoms with Crippen LogP contribution in [0.25, 0.3) is 27.6 Å². The Kier molecular flexibility index (Phi) is 2.70. The maximum atomic E-state index is 12.6. The van der Waals surface area contributed by atoms with Crippen molar-refractivity contribution in [3.8, 4) is 0 Å². The quantitative estimate of drug-likeness (QED) is 0.794. The number of halogens is 1. The van der Waals surface area contributed by atoms with Crippen LogP contribution < -0.4 is 5.32 Å². The van der Waals surface area contributed by atoms with Gasteiger partial charge in [0, 0.05) is 35.9 Å². The van der Waals surface area contributed by atoms with Crippen LogP contribution >= 0.6 is 0 Å². The second kappa shape index (κ2) is 4.58. The molecule has 0 spiro atoms. The maximum Gasteiger partial charge on any atom is 0.0963 e. The van der Waals surface area contributed by atoms with Crippen LogP contribution in [0.15, 0.2) is 37.0 Å². The van der Waals surface area contributed by atoms with Crippen molar-refractivity contribution in [1.82, 2.24) is 14.9 Å². The van der Waals surface area contributed by atoms with Crippen LogP contribution in [0.4, 0.5) is 4.39 Å². The van der Waals surface area contributed by atoms with Gasteiger partial charge in [0.1, 0.15) is 0 Å². The Morgan fingerprint density at radius 3 is 3.05 bits per heavy atom. The van der Waals surface area contributed by atoms with Gasteiger partial charge in [-0.2, -0.15) is 0 Å². The van der Waals surface area contributed by atoms with Crippen LogP contribution in [-0.4, -0.2) is 16.2 Å². The fraction of sp³-hybridized carbons (Fsp3) is 0.235. The average molecular weight is 281 g/mol. The molecule has 3 nitrogen and oxygen atoms in total. The number of aryl methyl sites for hydroxylation is 1. The standard InChI is InChI=1S/C17H16FN3/c1-11-12-5-6-14-16(13(12)10-20-11)17-15(4-2-8-19-17)21(14)9-3-7-18/h2,4-6,8,20H,1,3,7,9-10H2. The molecule has 1 aliphatic heterocycles. The predicted octanol–water partition coefficient (Wildman–Crippen LogP) is 3.62. The summed E-state index contributed by atoms with van der Waals surface area (Å²) in [6.07, 6.45) is 2.34. The van der Waals surface area contributed by atoms with Crippen LogP contribution in [0.3, 0.4) is 0 Å². The molecule has 0 amide bonds. The Morgan fingerprint density at radius 1 is 1.29 bits per heavy atom. The second-order valence-corrected chi connectivity index (χ2v) is 5.38. The summed E-state index contributed by atoms with van der Waals surface area (Å²) in [5.41, 5.74) is 6.59. The summed E-state index contributed by atoms with van der Waals surface area (Å²) in [5, 5.41) is 4.48. The van der Waals surface area contributed by atoms with Gasteiger partial charge in [-0.05, 0) is 30.2 Å².